The van der Waals surface area contributed by atoms with Crippen LogP contribution in [0.3, 0.4) is 0 Å². The first-order valence-corrected chi connectivity index (χ1v) is 10.2. The Morgan fingerprint density at radius 1 is 0.933 bits per heavy atom. The number of benzene rings is 2. The first-order valence-electron chi connectivity index (χ1n) is 10.2. The van der Waals surface area contributed by atoms with Crippen molar-refractivity contribution in [2.45, 2.75) is 26.4 Å². The number of carbonyl (C=O) groups excluding carboxylic acids is 2. The molecule has 2 amide bonds. The Labute approximate surface area is 178 Å². The second-order valence-corrected chi connectivity index (χ2v) is 8.23. The zero-order chi connectivity index (χ0) is 21.6. The normalized spacial score (nSPS) is 14.6. The maximum Gasteiger partial charge on any atom is 0.410 e. The van der Waals surface area contributed by atoms with Crippen LogP contribution in [0.4, 0.5) is 16.2 Å². The van der Waals surface area contributed by atoms with E-state index in [-0.39, 0.29) is 12.0 Å². The fraction of sp³-hybridized carbons (Fsp3) is 0.333. The monoisotopic (exact) mass is 407 g/mol. The molecule has 0 atom stereocenters. The van der Waals surface area contributed by atoms with E-state index in [1.165, 1.54) is 6.08 Å². The van der Waals surface area contributed by atoms with Gasteiger partial charge in [-0.2, -0.15) is 0 Å². The molecule has 1 fully saturated rings. The summed E-state index contributed by atoms with van der Waals surface area (Å²) in [6, 6.07) is 17.5. The third-order valence-corrected chi connectivity index (χ3v) is 4.66. The smallest absolute Gasteiger partial charge is 0.410 e. The lowest BCUT2D eigenvalue weighted by Crippen LogP contribution is -2.50. The van der Waals surface area contributed by atoms with E-state index < -0.39 is 5.60 Å². The van der Waals surface area contributed by atoms with Crippen molar-refractivity contribution in [2.75, 3.05) is 36.4 Å². The third kappa shape index (κ3) is 6.37. The van der Waals surface area contributed by atoms with Crippen LogP contribution in [0.15, 0.2) is 60.7 Å². The number of ether oxygens (including phenoxy) is 1. The summed E-state index contributed by atoms with van der Waals surface area (Å²) in [4.78, 5) is 28.3. The number of hydrogen-bond acceptors (Lipinski definition) is 4. The van der Waals surface area contributed by atoms with Gasteiger partial charge in [0.05, 0.1) is 0 Å². The number of anilines is 2. The Morgan fingerprint density at radius 3 is 2.17 bits per heavy atom. The van der Waals surface area contributed by atoms with Crippen LogP contribution in [0.1, 0.15) is 26.3 Å². The first kappa shape index (κ1) is 21.4. The lowest BCUT2D eigenvalue weighted by Gasteiger charge is -2.36. The van der Waals surface area contributed by atoms with Crippen LogP contribution in [0, 0.1) is 0 Å². The number of rotatable bonds is 4. The summed E-state index contributed by atoms with van der Waals surface area (Å²) in [7, 11) is 0. The van der Waals surface area contributed by atoms with Crippen LogP contribution >= 0.6 is 0 Å². The van der Waals surface area contributed by atoms with Gasteiger partial charge >= 0.3 is 6.09 Å². The van der Waals surface area contributed by atoms with E-state index in [9.17, 15) is 9.59 Å². The van der Waals surface area contributed by atoms with Gasteiger partial charge in [-0.25, -0.2) is 4.79 Å². The summed E-state index contributed by atoms with van der Waals surface area (Å²) in [5, 5.41) is 2.87. The molecule has 6 nitrogen and oxygen atoms in total. The summed E-state index contributed by atoms with van der Waals surface area (Å²) in [5.41, 5.74) is 2.31. The Morgan fingerprint density at radius 2 is 1.57 bits per heavy atom. The van der Waals surface area contributed by atoms with Crippen LogP contribution in [-0.2, 0) is 9.53 Å². The zero-order valence-electron chi connectivity index (χ0n) is 17.8. The average molecular weight is 408 g/mol. The van der Waals surface area contributed by atoms with E-state index in [1.807, 2.05) is 75.4 Å². The van der Waals surface area contributed by atoms with Gasteiger partial charge in [0.15, 0.2) is 0 Å². The molecule has 0 radical (unpaired) electrons. The van der Waals surface area contributed by atoms with Crippen LogP contribution in [-0.4, -0.2) is 48.7 Å². The number of carbonyl (C=O) groups is 2. The molecular weight excluding hydrogens is 378 g/mol. The van der Waals surface area contributed by atoms with Gasteiger partial charge < -0.3 is 19.9 Å². The van der Waals surface area contributed by atoms with E-state index in [4.69, 9.17) is 4.74 Å². The summed E-state index contributed by atoms with van der Waals surface area (Å²) < 4.78 is 5.44. The Balaban J connectivity index is 1.49. The van der Waals surface area contributed by atoms with Gasteiger partial charge in [-0.1, -0.05) is 30.3 Å². The van der Waals surface area contributed by atoms with Gasteiger partial charge in [0.2, 0.25) is 5.91 Å². The third-order valence-electron chi connectivity index (χ3n) is 4.66. The van der Waals surface area contributed by atoms with Gasteiger partial charge in [-0.05, 0) is 56.7 Å². The van der Waals surface area contributed by atoms with E-state index >= 15 is 0 Å². The van der Waals surface area contributed by atoms with Crippen molar-refractivity contribution in [1.29, 1.82) is 0 Å². The maximum atomic E-state index is 12.2. The SMILES string of the molecule is CC(C)(C)OC(=O)N1CCN(c2ccc(NC(=O)/C=C/c3ccccc3)cc2)CC1. The predicted octanol–water partition coefficient (Wildman–Crippen LogP) is 4.40. The molecule has 0 unspecified atom stereocenters. The van der Waals surface area contributed by atoms with E-state index in [0.717, 1.165) is 30.0 Å². The van der Waals surface area contributed by atoms with E-state index in [2.05, 4.69) is 10.2 Å². The minimum atomic E-state index is -0.481. The Bertz CT molecular complexity index is 878. The molecule has 30 heavy (non-hydrogen) atoms. The van der Waals surface area contributed by atoms with Crippen molar-refractivity contribution in [3.8, 4) is 0 Å². The molecule has 6 heteroatoms. The van der Waals surface area contributed by atoms with E-state index in [1.54, 1.807) is 11.0 Å². The van der Waals surface area contributed by atoms with E-state index in [0.29, 0.717) is 13.1 Å². The largest absolute Gasteiger partial charge is 0.444 e. The molecule has 158 valence electrons. The summed E-state index contributed by atoms with van der Waals surface area (Å²) >= 11 is 0. The molecule has 0 aliphatic carbocycles. The van der Waals surface area contributed by atoms with Crippen molar-refractivity contribution < 1.29 is 14.3 Å². The lowest BCUT2D eigenvalue weighted by molar-refractivity contribution is -0.111. The van der Waals surface area contributed by atoms with Gasteiger partial charge in [0.25, 0.3) is 0 Å². The molecule has 0 bridgehead atoms. The minimum absolute atomic E-state index is 0.169. The topological polar surface area (TPSA) is 61.9 Å². The molecule has 0 spiro atoms. The van der Waals surface area contributed by atoms with Crippen LogP contribution in [0.5, 0.6) is 0 Å². The summed E-state index contributed by atoms with van der Waals surface area (Å²) in [6.07, 6.45) is 3.05. The number of nitrogens with one attached hydrogen (secondary N) is 1. The number of piperazine rings is 1. The predicted molar refractivity (Wildman–Crippen MR) is 121 cm³/mol. The standard InChI is InChI=1S/C24H29N3O3/c1-24(2,3)30-23(29)27-17-15-26(16-18-27)21-12-10-20(11-13-21)25-22(28)14-9-19-7-5-4-6-8-19/h4-14H,15-18H2,1-3H3,(H,25,28)/b14-9+. The first-order chi connectivity index (χ1) is 14.3. The van der Waals surface area contributed by atoms with Gasteiger partial charge in [0, 0.05) is 43.6 Å². The highest BCUT2D eigenvalue weighted by Gasteiger charge is 2.25. The number of amides is 2. The molecule has 0 saturated carbocycles. The highest BCUT2D eigenvalue weighted by Crippen LogP contribution is 2.20. The molecule has 1 heterocycles. The van der Waals surface area contributed by atoms with Crippen molar-refractivity contribution in [1.82, 2.24) is 4.90 Å². The number of nitrogens with zero attached hydrogens (tertiary/aromatic N) is 2. The number of hydrogen-bond donors (Lipinski definition) is 1. The lowest BCUT2D eigenvalue weighted by atomic mass is 10.2. The van der Waals surface area contributed by atoms with Crippen LogP contribution < -0.4 is 10.2 Å². The average Bonchev–Trinajstić information content (AvgIpc) is 2.72. The maximum absolute atomic E-state index is 12.2. The molecular formula is C24H29N3O3. The minimum Gasteiger partial charge on any atom is -0.444 e. The molecule has 1 saturated heterocycles. The zero-order valence-corrected chi connectivity index (χ0v) is 17.8. The Kier molecular flexibility index (Phi) is 6.77. The van der Waals surface area contributed by atoms with Gasteiger partial charge in [0.1, 0.15) is 5.60 Å². The molecule has 1 aliphatic rings. The second kappa shape index (κ2) is 9.48. The van der Waals surface area contributed by atoms with Crippen molar-refractivity contribution in [2.24, 2.45) is 0 Å². The fourth-order valence-corrected chi connectivity index (χ4v) is 3.15. The van der Waals surface area contributed by atoms with Crippen LogP contribution in [0.2, 0.25) is 0 Å². The highest BCUT2D eigenvalue weighted by atomic mass is 16.6. The molecule has 1 N–H and O–H groups in total. The van der Waals surface area contributed by atoms with Gasteiger partial charge in [-0.15, -0.1) is 0 Å². The molecule has 1 aliphatic heterocycles. The molecule has 2 aromatic rings. The molecule has 0 aromatic heterocycles. The quantitative estimate of drug-likeness (QED) is 0.764. The van der Waals surface area contributed by atoms with Crippen molar-refractivity contribution in [3.63, 3.8) is 0 Å². The van der Waals surface area contributed by atoms with Crippen molar-refractivity contribution in [3.05, 3.63) is 66.2 Å². The van der Waals surface area contributed by atoms with Crippen LogP contribution in [0.25, 0.3) is 6.08 Å². The Hall–Kier alpha value is -3.28. The highest BCUT2D eigenvalue weighted by molar-refractivity contribution is 6.02. The second-order valence-electron chi connectivity index (χ2n) is 8.23. The summed E-state index contributed by atoms with van der Waals surface area (Å²) in [6.45, 7) is 8.35. The molecule has 3 rings (SSSR count). The summed E-state index contributed by atoms with van der Waals surface area (Å²) in [5.74, 6) is -0.169. The van der Waals surface area contributed by atoms with Crippen molar-refractivity contribution >= 4 is 29.5 Å². The molecule has 2 aromatic carbocycles. The fourth-order valence-electron chi connectivity index (χ4n) is 3.15. The van der Waals surface area contributed by atoms with Gasteiger partial charge in [-0.3, -0.25) is 4.79 Å².